The lowest BCUT2D eigenvalue weighted by Gasteiger charge is -2.30. The Morgan fingerprint density at radius 3 is 2.32 bits per heavy atom. The number of carbonyl (C=O) groups excluding carboxylic acids is 1. The average Bonchev–Trinajstić information content (AvgIpc) is 2.57. The summed E-state index contributed by atoms with van der Waals surface area (Å²) >= 11 is 0. The van der Waals surface area contributed by atoms with Crippen LogP contribution in [0.2, 0.25) is 0 Å². The van der Waals surface area contributed by atoms with E-state index in [4.69, 9.17) is 10.5 Å². The van der Waals surface area contributed by atoms with Gasteiger partial charge in [-0.05, 0) is 43.2 Å². The van der Waals surface area contributed by atoms with Crippen molar-refractivity contribution in [2.45, 2.75) is 78.4 Å². The van der Waals surface area contributed by atoms with Crippen molar-refractivity contribution in [3.63, 3.8) is 0 Å². The molecule has 3 N–H and O–H groups in total. The number of unbranched alkanes of at least 4 members (excludes halogenated alkanes) is 3. The molecule has 0 saturated heterocycles. The summed E-state index contributed by atoms with van der Waals surface area (Å²) in [6.45, 7) is 9.02. The van der Waals surface area contributed by atoms with Crippen molar-refractivity contribution in [1.29, 1.82) is 0 Å². The maximum atomic E-state index is 12.2. The van der Waals surface area contributed by atoms with E-state index in [1.165, 1.54) is 31.2 Å². The van der Waals surface area contributed by atoms with Gasteiger partial charge in [-0.15, -0.1) is 0 Å². The predicted molar refractivity (Wildman–Crippen MR) is 104 cm³/mol. The van der Waals surface area contributed by atoms with Gasteiger partial charge in [-0.3, -0.25) is 5.32 Å². The number of nitrogens with one attached hydrogen (secondary N) is 1. The maximum absolute atomic E-state index is 12.2. The van der Waals surface area contributed by atoms with Crippen LogP contribution in [0.1, 0.15) is 70.9 Å². The quantitative estimate of drug-likeness (QED) is 0.338. The van der Waals surface area contributed by atoms with Crippen LogP contribution in [-0.4, -0.2) is 18.2 Å². The molecule has 0 radical (unpaired) electrons. The van der Waals surface area contributed by atoms with Crippen LogP contribution in [0.25, 0.3) is 0 Å². The third-order valence-electron chi connectivity index (χ3n) is 4.32. The zero-order chi connectivity index (χ0) is 18.7. The molecule has 0 heterocycles. The minimum Gasteiger partial charge on any atom is -0.464 e. The first-order valence-electron chi connectivity index (χ1n) is 9.70. The van der Waals surface area contributed by atoms with Gasteiger partial charge in [0.25, 0.3) is 0 Å². The normalized spacial score (nSPS) is 13.7. The molecule has 0 bridgehead atoms. The molecule has 0 amide bonds. The molecule has 1 unspecified atom stereocenters. The second-order valence-electron chi connectivity index (χ2n) is 7.27. The zero-order valence-electron chi connectivity index (χ0n) is 16.4. The van der Waals surface area contributed by atoms with Crippen LogP contribution in [0.3, 0.4) is 0 Å². The Kier molecular flexibility index (Phi) is 9.76. The summed E-state index contributed by atoms with van der Waals surface area (Å²) in [6.07, 6.45) is 6.79. The summed E-state index contributed by atoms with van der Waals surface area (Å²) in [6, 6.07) is 8.58. The molecular weight excluding hydrogens is 312 g/mol. The standard InChI is InChI=1S/C21H36N2O2/c1-5-7-8-9-10-18-11-13-19(14-12-18)16-23-21(22,15-17(3)4)20(24)25-6-2/h11-14,17,23H,5-10,15-16,22H2,1-4H3. The molecule has 4 nitrogen and oxygen atoms in total. The molecule has 142 valence electrons. The van der Waals surface area contributed by atoms with Gasteiger partial charge in [0.1, 0.15) is 0 Å². The molecule has 1 atom stereocenters. The first-order chi connectivity index (χ1) is 11.9. The SMILES string of the molecule is CCCCCCc1ccc(CNC(N)(CC(C)C)C(=O)OCC)cc1. The zero-order valence-corrected chi connectivity index (χ0v) is 16.4. The van der Waals surface area contributed by atoms with Crippen molar-refractivity contribution in [2.24, 2.45) is 11.7 Å². The van der Waals surface area contributed by atoms with Gasteiger partial charge in [0.15, 0.2) is 5.66 Å². The van der Waals surface area contributed by atoms with E-state index in [-0.39, 0.29) is 5.97 Å². The number of hydrogen-bond donors (Lipinski definition) is 2. The Balaban J connectivity index is 2.59. The number of esters is 1. The molecule has 0 aromatic heterocycles. The Bertz CT molecular complexity index is 499. The molecular formula is C21H36N2O2. The fourth-order valence-electron chi connectivity index (χ4n) is 2.97. The first-order valence-corrected chi connectivity index (χ1v) is 9.70. The van der Waals surface area contributed by atoms with Crippen LogP contribution >= 0.6 is 0 Å². The highest BCUT2D eigenvalue weighted by Crippen LogP contribution is 2.15. The Labute approximate surface area is 153 Å². The van der Waals surface area contributed by atoms with Crippen LogP contribution in [0.15, 0.2) is 24.3 Å². The summed E-state index contributed by atoms with van der Waals surface area (Å²) in [5.74, 6) is -0.0800. The summed E-state index contributed by atoms with van der Waals surface area (Å²) in [7, 11) is 0. The number of nitrogens with two attached hydrogens (primary N) is 1. The highest BCUT2D eigenvalue weighted by atomic mass is 16.5. The van der Waals surface area contributed by atoms with E-state index >= 15 is 0 Å². The Morgan fingerprint density at radius 2 is 1.76 bits per heavy atom. The van der Waals surface area contributed by atoms with Crippen molar-refractivity contribution in [2.75, 3.05) is 6.61 Å². The molecule has 4 heteroatoms. The van der Waals surface area contributed by atoms with E-state index < -0.39 is 5.66 Å². The fraction of sp³-hybridized carbons (Fsp3) is 0.667. The molecule has 1 aromatic rings. The van der Waals surface area contributed by atoms with E-state index in [1.54, 1.807) is 6.92 Å². The molecule has 25 heavy (non-hydrogen) atoms. The minimum atomic E-state index is -1.14. The fourth-order valence-corrected chi connectivity index (χ4v) is 2.97. The highest BCUT2D eigenvalue weighted by molar-refractivity contribution is 5.80. The second-order valence-corrected chi connectivity index (χ2v) is 7.27. The Hall–Kier alpha value is -1.39. The van der Waals surface area contributed by atoms with Crippen LogP contribution < -0.4 is 11.1 Å². The minimum absolute atomic E-state index is 0.299. The number of carbonyl (C=O) groups is 1. The predicted octanol–water partition coefficient (Wildman–Crippen LogP) is 4.16. The van der Waals surface area contributed by atoms with Gasteiger partial charge in [-0.25, -0.2) is 4.79 Å². The van der Waals surface area contributed by atoms with E-state index in [0.717, 1.165) is 12.0 Å². The summed E-state index contributed by atoms with van der Waals surface area (Å²) < 4.78 is 5.15. The largest absolute Gasteiger partial charge is 0.464 e. The number of ether oxygens (including phenoxy) is 1. The highest BCUT2D eigenvalue weighted by Gasteiger charge is 2.35. The van der Waals surface area contributed by atoms with E-state index in [2.05, 4.69) is 50.4 Å². The third kappa shape index (κ3) is 8.02. The van der Waals surface area contributed by atoms with Gasteiger partial charge in [0.2, 0.25) is 0 Å². The van der Waals surface area contributed by atoms with E-state index in [0.29, 0.717) is 25.5 Å². The topological polar surface area (TPSA) is 64.3 Å². The number of hydrogen-bond acceptors (Lipinski definition) is 4. The van der Waals surface area contributed by atoms with E-state index in [1.807, 2.05) is 0 Å². The molecule has 1 rings (SSSR count). The van der Waals surface area contributed by atoms with Crippen molar-refractivity contribution < 1.29 is 9.53 Å². The molecule has 0 aliphatic heterocycles. The van der Waals surface area contributed by atoms with Gasteiger partial charge in [-0.1, -0.05) is 64.3 Å². The number of benzene rings is 1. The smallest absolute Gasteiger partial charge is 0.341 e. The monoisotopic (exact) mass is 348 g/mol. The maximum Gasteiger partial charge on any atom is 0.341 e. The van der Waals surface area contributed by atoms with Gasteiger partial charge in [0, 0.05) is 6.54 Å². The number of aryl methyl sites for hydroxylation is 1. The van der Waals surface area contributed by atoms with Gasteiger partial charge < -0.3 is 10.5 Å². The van der Waals surface area contributed by atoms with Gasteiger partial charge in [-0.2, -0.15) is 0 Å². The summed E-state index contributed by atoms with van der Waals surface area (Å²) in [5, 5.41) is 3.21. The van der Waals surface area contributed by atoms with E-state index in [9.17, 15) is 4.79 Å². The lowest BCUT2D eigenvalue weighted by Crippen LogP contribution is -2.60. The van der Waals surface area contributed by atoms with Crippen LogP contribution in [-0.2, 0) is 22.5 Å². The summed E-state index contributed by atoms with van der Waals surface area (Å²) in [4.78, 5) is 12.2. The molecule has 1 aromatic carbocycles. The first kappa shape index (κ1) is 21.7. The van der Waals surface area contributed by atoms with Gasteiger partial charge in [0.05, 0.1) is 6.61 Å². The number of rotatable bonds is 12. The van der Waals surface area contributed by atoms with Crippen LogP contribution in [0, 0.1) is 5.92 Å². The van der Waals surface area contributed by atoms with Crippen molar-refractivity contribution >= 4 is 5.97 Å². The van der Waals surface area contributed by atoms with Gasteiger partial charge >= 0.3 is 5.97 Å². The lowest BCUT2D eigenvalue weighted by molar-refractivity contribution is -0.152. The average molecular weight is 349 g/mol. The molecule has 0 saturated carbocycles. The second kappa shape index (κ2) is 11.3. The van der Waals surface area contributed by atoms with Crippen LogP contribution in [0.5, 0.6) is 0 Å². The lowest BCUT2D eigenvalue weighted by atomic mass is 9.97. The van der Waals surface area contributed by atoms with Crippen molar-refractivity contribution in [1.82, 2.24) is 5.32 Å². The third-order valence-corrected chi connectivity index (χ3v) is 4.32. The van der Waals surface area contributed by atoms with Crippen molar-refractivity contribution in [3.05, 3.63) is 35.4 Å². The molecule has 0 fully saturated rings. The van der Waals surface area contributed by atoms with Crippen LogP contribution in [0.4, 0.5) is 0 Å². The Morgan fingerprint density at radius 1 is 1.12 bits per heavy atom. The summed E-state index contributed by atoms with van der Waals surface area (Å²) in [5.41, 5.74) is 7.67. The molecule has 0 spiro atoms. The molecule has 0 aliphatic rings. The molecule has 0 aliphatic carbocycles. The van der Waals surface area contributed by atoms with Crippen molar-refractivity contribution in [3.8, 4) is 0 Å².